The molecule has 0 N–H and O–H groups in total. The lowest BCUT2D eigenvalue weighted by atomic mass is 9.92. The lowest BCUT2D eigenvalue weighted by molar-refractivity contribution is 0.122. The van der Waals surface area contributed by atoms with Crippen LogP contribution in [0.5, 0.6) is 11.5 Å². The molecule has 3 heterocycles. The summed E-state index contributed by atoms with van der Waals surface area (Å²) in [6.07, 6.45) is 2.78. The number of anilines is 1. The average Bonchev–Trinajstić information content (AvgIpc) is 2.73. The third-order valence-electron chi connectivity index (χ3n) is 5.23. The zero-order chi connectivity index (χ0) is 18.6. The van der Waals surface area contributed by atoms with Gasteiger partial charge in [-0.1, -0.05) is 19.1 Å². The van der Waals surface area contributed by atoms with Crippen molar-refractivity contribution < 1.29 is 14.2 Å². The minimum atomic E-state index is 0.404. The van der Waals surface area contributed by atoms with Gasteiger partial charge in [0.15, 0.2) is 11.5 Å². The molecule has 144 valence electrons. The fourth-order valence-corrected chi connectivity index (χ4v) is 3.77. The Labute approximate surface area is 160 Å². The molecular formula is C21H27N3O3. The number of rotatable bonds is 5. The van der Waals surface area contributed by atoms with E-state index in [1.807, 2.05) is 12.1 Å². The van der Waals surface area contributed by atoms with Crippen LogP contribution in [0.4, 0.5) is 5.95 Å². The first-order valence-electron chi connectivity index (χ1n) is 9.75. The van der Waals surface area contributed by atoms with Crippen molar-refractivity contribution in [3.63, 3.8) is 0 Å². The third-order valence-corrected chi connectivity index (χ3v) is 5.23. The van der Waals surface area contributed by atoms with Gasteiger partial charge in [-0.05, 0) is 37.0 Å². The standard InChI is InChI=1S/C21H27N3O3/c1-3-17-13-18(23-21(22-17)24-7-9-26-10-8-24)12-15-11-16-5-4-6-19(25-2)20(16)27-14-15/h4-6,13,15H,3,7-12,14H2,1-2H3. The number of benzene rings is 1. The van der Waals surface area contributed by atoms with E-state index in [1.54, 1.807) is 7.11 Å². The van der Waals surface area contributed by atoms with Gasteiger partial charge in [-0.2, -0.15) is 0 Å². The van der Waals surface area contributed by atoms with E-state index in [0.29, 0.717) is 12.5 Å². The van der Waals surface area contributed by atoms with Crippen LogP contribution < -0.4 is 14.4 Å². The van der Waals surface area contributed by atoms with E-state index in [0.717, 1.165) is 74.4 Å². The van der Waals surface area contributed by atoms with Crippen LogP contribution in [0.15, 0.2) is 24.3 Å². The maximum absolute atomic E-state index is 6.04. The van der Waals surface area contributed by atoms with Crippen LogP contribution in [0.2, 0.25) is 0 Å². The van der Waals surface area contributed by atoms with Gasteiger partial charge < -0.3 is 19.1 Å². The van der Waals surface area contributed by atoms with E-state index in [9.17, 15) is 0 Å². The third kappa shape index (κ3) is 4.00. The molecule has 2 aromatic rings. The second kappa shape index (κ2) is 8.13. The number of ether oxygens (including phenoxy) is 3. The summed E-state index contributed by atoms with van der Waals surface area (Å²) in [5.41, 5.74) is 3.41. The van der Waals surface area contributed by atoms with E-state index in [4.69, 9.17) is 24.2 Å². The lowest BCUT2D eigenvalue weighted by Crippen LogP contribution is -2.37. The van der Waals surface area contributed by atoms with Crippen LogP contribution in [0, 0.1) is 5.92 Å². The van der Waals surface area contributed by atoms with E-state index in [2.05, 4.69) is 24.0 Å². The van der Waals surface area contributed by atoms with Crippen molar-refractivity contribution in [3.8, 4) is 11.5 Å². The van der Waals surface area contributed by atoms with Gasteiger partial charge in [0.05, 0.1) is 26.9 Å². The molecule has 2 aliphatic rings. The zero-order valence-electron chi connectivity index (χ0n) is 16.1. The number of nitrogens with zero attached hydrogens (tertiary/aromatic N) is 3. The maximum Gasteiger partial charge on any atom is 0.225 e. The molecule has 6 nitrogen and oxygen atoms in total. The topological polar surface area (TPSA) is 56.7 Å². The van der Waals surface area contributed by atoms with Crippen LogP contribution in [0.3, 0.4) is 0 Å². The number of hydrogen-bond donors (Lipinski definition) is 0. The van der Waals surface area contributed by atoms with Crippen LogP contribution in [0.1, 0.15) is 23.9 Å². The Hall–Kier alpha value is -2.34. The summed E-state index contributed by atoms with van der Waals surface area (Å²) in [4.78, 5) is 11.8. The molecule has 1 saturated heterocycles. The molecule has 1 aromatic heterocycles. The Morgan fingerprint density at radius 3 is 2.78 bits per heavy atom. The Kier molecular flexibility index (Phi) is 5.43. The smallest absolute Gasteiger partial charge is 0.225 e. The predicted octanol–water partition coefficient (Wildman–Crippen LogP) is 2.68. The normalized spacial score (nSPS) is 19.3. The van der Waals surface area contributed by atoms with Crippen molar-refractivity contribution in [2.45, 2.75) is 26.2 Å². The minimum absolute atomic E-state index is 0.404. The van der Waals surface area contributed by atoms with E-state index >= 15 is 0 Å². The fraction of sp³-hybridized carbons (Fsp3) is 0.524. The summed E-state index contributed by atoms with van der Waals surface area (Å²) in [5.74, 6) is 2.95. The minimum Gasteiger partial charge on any atom is -0.493 e. The largest absolute Gasteiger partial charge is 0.493 e. The Bertz CT molecular complexity index is 790. The van der Waals surface area contributed by atoms with Gasteiger partial charge in [0.25, 0.3) is 0 Å². The molecular weight excluding hydrogens is 342 g/mol. The molecule has 2 aliphatic heterocycles. The molecule has 0 spiro atoms. The molecule has 1 aromatic carbocycles. The van der Waals surface area contributed by atoms with Crippen molar-refractivity contribution in [1.29, 1.82) is 0 Å². The van der Waals surface area contributed by atoms with Crippen molar-refractivity contribution in [1.82, 2.24) is 9.97 Å². The highest BCUT2D eigenvalue weighted by Gasteiger charge is 2.24. The number of hydrogen-bond acceptors (Lipinski definition) is 6. The Morgan fingerprint density at radius 1 is 1.19 bits per heavy atom. The molecule has 1 unspecified atom stereocenters. The maximum atomic E-state index is 6.04. The summed E-state index contributed by atoms with van der Waals surface area (Å²) in [6.45, 7) is 6.01. The molecule has 1 fully saturated rings. The first kappa shape index (κ1) is 18.0. The summed E-state index contributed by atoms with van der Waals surface area (Å²) >= 11 is 0. The van der Waals surface area contributed by atoms with Crippen LogP contribution in [0.25, 0.3) is 0 Å². The quantitative estimate of drug-likeness (QED) is 0.808. The van der Waals surface area contributed by atoms with Gasteiger partial charge in [0.2, 0.25) is 5.95 Å². The number of morpholine rings is 1. The lowest BCUT2D eigenvalue weighted by Gasteiger charge is -2.28. The Balaban J connectivity index is 1.52. The molecule has 0 aliphatic carbocycles. The molecule has 27 heavy (non-hydrogen) atoms. The van der Waals surface area contributed by atoms with Gasteiger partial charge in [-0.3, -0.25) is 0 Å². The van der Waals surface area contributed by atoms with Crippen LogP contribution >= 0.6 is 0 Å². The SMILES string of the molecule is CCc1cc(CC2COc3c(cccc3OC)C2)nc(N2CCOCC2)n1. The second-order valence-corrected chi connectivity index (χ2v) is 7.14. The number of fused-ring (bicyclic) bond motifs is 1. The number of aryl methyl sites for hydroxylation is 1. The van der Waals surface area contributed by atoms with Crippen LogP contribution in [-0.4, -0.2) is 50.0 Å². The van der Waals surface area contributed by atoms with Crippen molar-refractivity contribution in [2.24, 2.45) is 5.92 Å². The fourth-order valence-electron chi connectivity index (χ4n) is 3.77. The molecule has 4 rings (SSSR count). The van der Waals surface area contributed by atoms with E-state index in [-0.39, 0.29) is 0 Å². The summed E-state index contributed by atoms with van der Waals surface area (Å²) in [5, 5.41) is 0. The molecule has 0 bridgehead atoms. The number of methoxy groups -OCH3 is 1. The second-order valence-electron chi connectivity index (χ2n) is 7.14. The zero-order valence-corrected chi connectivity index (χ0v) is 16.1. The number of aromatic nitrogens is 2. The highest BCUT2D eigenvalue weighted by Crippen LogP contribution is 2.36. The van der Waals surface area contributed by atoms with Gasteiger partial charge >= 0.3 is 0 Å². The highest BCUT2D eigenvalue weighted by molar-refractivity contribution is 5.47. The van der Waals surface area contributed by atoms with Crippen molar-refractivity contribution in [2.75, 3.05) is 44.9 Å². The predicted molar refractivity (Wildman–Crippen MR) is 104 cm³/mol. The first-order valence-corrected chi connectivity index (χ1v) is 9.75. The molecule has 0 amide bonds. The average molecular weight is 369 g/mol. The monoisotopic (exact) mass is 369 g/mol. The van der Waals surface area contributed by atoms with Crippen molar-refractivity contribution >= 4 is 5.95 Å². The molecule has 1 atom stereocenters. The van der Waals surface area contributed by atoms with E-state index in [1.165, 1.54) is 5.56 Å². The first-order chi connectivity index (χ1) is 13.3. The van der Waals surface area contributed by atoms with Gasteiger partial charge in [0.1, 0.15) is 0 Å². The summed E-state index contributed by atoms with van der Waals surface area (Å²) in [6, 6.07) is 8.25. The molecule has 0 saturated carbocycles. The summed E-state index contributed by atoms with van der Waals surface area (Å²) < 4.78 is 16.9. The van der Waals surface area contributed by atoms with E-state index < -0.39 is 0 Å². The number of para-hydroxylation sites is 1. The highest BCUT2D eigenvalue weighted by atomic mass is 16.5. The van der Waals surface area contributed by atoms with Gasteiger partial charge in [0, 0.05) is 30.4 Å². The van der Waals surface area contributed by atoms with Gasteiger partial charge in [-0.15, -0.1) is 0 Å². The molecule has 0 radical (unpaired) electrons. The van der Waals surface area contributed by atoms with Gasteiger partial charge in [-0.25, -0.2) is 9.97 Å². The van der Waals surface area contributed by atoms with Crippen molar-refractivity contribution in [3.05, 3.63) is 41.2 Å². The summed E-state index contributed by atoms with van der Waals surface area (Å²) in [7, 11) is 1.69. The van der Waals surface area contributed by atoms with Crippen LogP contribution in [-0.2, 0) is 24.0 Å². The molecule has 6 heteroatoms. The Morgan fingerprint density at radius 2 is 2.00 bits per heavy atom.